The predicted molar refractivity (Wildman–Crippen MR) is 89.8 cm³/mol. The van der Waals surface area contributed by atoms with Crippen LogP contribution in [0.25, 0.3) is 10.9 Å². The highest BCUT2D eigenvalue weighted by molar-refractivity contribution is 9.10. The Morgan fingerprint density at radius 3 is 2.71 bits per heavy atom. The molecule has 0 saturated carbocycles. The van der Waals surface area contributed by atoms with Crippen molar-refractivity contribution >= 4 is 32.6 Å². The molecule has 2 nitrogen and oxygen atoms in total. The SMILES string of the molecule is CCc1cccc2ccn(CC(=O)c3cccc(Br)c3)c12. The molecule has 0 atom stereocenters. The maximum absolute atomic E-state index is 12.5. The number of Topliss-reactive ketones (excluding diaryl/α,β-unsaturated/α-hetero) is 1. The van der Waals surface area contributed by atoms with Gasteiger partial charge in [0.25, 0.3) is 0 Å². The Bertz CT molecular complexity index is 804. The summed E-state index contributed by atoms with van der Waals surface area (Å²) >= 11 is 3.41. The Morgan fingerprint density at radius 2 is 1.95 bits per heavy atom. The Labute approximate surface area is 132 Å². The summed E-state index contributed by atoms with van der Waals surface area (Å²) in [6, 6.07) is 15.9. The highest BCUT2D eigenvalue weighted by Gasteiger charge is 2.11. The van der Waals surface area contributed by atoms with Crippen molar-refractivity contribution in [2.45, 2.75) is 19.9 Å². The normalized spacial score (nSPS) is 11.0. The number of aromatic nitrogens is 1. The molecule has 0 saturated heterocycles. The van der Waals surface area contributed by atoms with Crippen LogP contribution in [-0.4, -0.2) is 10.4 Å². The van der Waals surface area contributed by atoms with Crippen molar-refractivity contribution in [2.75, 3.05) is 0 Å². The fourth-order valence-corrected chi connectivity index (χ4v) is 3.06. The predicted octanol–water partition coefficient (Wildman–Crippen LogP) is 4.85. The molecule has 0 amide bonds. The average molecular weight is 342 g/mol. The van der Waals surface area contributed by atoms with Crippen molar-refractivity contribution in [3.63, 3.8) is 0 Å². The van der Waals surface area contributed by atoms with E-state index >= 15 is 0 Å². The van der Waals surface area contributed by atoms with Crippen molar-refractivity contribution in [3.8, 4) is 0 Å². The van der Waals surface area contributed by atoms with Crippen LogP contribution in [-0.2, 0) is 13.0 Å². The molecule has 0 aliphatic carbocycles. The summed E-state index contributed by atoms with van der Waals surface area (Å²) in [6.07, 6.45) is 2.96. The van der Waals surface area contributed by atoms with Gasteiger partial charge in [-0.25, -0.2) is 0 Å². The standard InChI is InChI=1S/C18H16BrNO/c1-2-13-5-3-6-14-9-10-20(18(13)14)12-17(21)15-7-4-8-16(19)11-15/h3-11H,2,12H2,1H3. The van der Waals surface area contributed by atoms with Crippen LogP contribution in [0.15, 0.2) is 59.2 Å². The number of rotatable bonds is 4. The van der Waals surface area contributed by atoms with E-state index in [0.717, 1.165) is 16.5 Å². The Kier molecular flexibility index (Phi) is 3.93. The molecule has 3 aromatic rings. The number of carbonyl (C=O) groups is 1. The fraction of sp³-hybridized carbons (Fsp3) is 0.167. The zero-order valence-electron chi connectivity index (χ0n) is 11.8. The third-order valence-corrected chi connectivity index (χ3v) is 4.21. The maximum atomic E-state index is 12.5. The van der Waals surface area contributed by atoms with E-state index in [1.807, 2.05) is 30.5 Å². The van der Waals surface area contributed by atoms with Gasteiger partial charge in [0, 0.05) is 16.2 Å². The summed E-state index contributed by atoms with van der Waals surface area (Å²) in [5.41, 5.74) is 3.18. The lowest BCUT2D eigenvalue weighted by atomic mass is 10.1. The molecular formula is C18H16BrNO. The summed E-state index contributed by atoms with van der Waals surface area (Å²) in [5, 5.41) is 1.19. The van der Waals surface area contributed by atoms with E-state index in [1.165, 1.54) is 16.5 Å². The summed E-state index contributed by atoms with van der Waals surface area (Å²) in [5.74, 6) is 0.125. The second-order valence-corrected chi connectivity index (χ2v) is 6.00. The second kappa shape index (κ2) is 5.86. The Balaban J connectivity index is 1.97. The smallest absolute Gasteiger partial charge is 0.182 e. The van der Waals surface area contributed by atoms with Gasteiger partial charge in [-0.2, -0.15) is 0 Å². The van der Waals surface area contributed by atoms with Crippen LogP contribution in [0.5, 0.6) is 0 Å². The number of para-hydroxylation sites is 1. The monoisotopic (exact) mass is 341 g/mol. The highest BCUT2D eigenvalue weighted by atomic mass is 79.9. The maximum Gasteiger partial charge on any atom is 0.182 e. The van der Waals surface area contributed by atoms with E-state index in [4.69, 9.17) is 0 Å². The molecule has 0 aliphatic rings. The molecule has 3 rings (SSSR count). The van der Waals surface area contributed by atoms with E-state index in [0.29, 0.717) is 6.54 Å². The zero-order chi connectivity index (χ0) is 14.8. The lowest BCUT2D eigenvalue weighted by molar-refractivity contribution is 0.0973. The third kappa shape index (κ3) is 2.79. The van der Waals surface area contributed by atoms with Gasteiger partial charge < -0.3 is 4.57 Å². The van der Waals surface area contributed by atoms with Crippen molar-refractivity contribution < 1.29 is 4.79 Å². The molecule has 0 aliphatic heterocycles. The number of fused-ring (bicyclic) bond motifs is 1. The summed E-state index contributed by atoms with van der Waals surface area (Å²) in [4.78, 5) is 12.5. The molecule has 0 spiro atoms. The van der Waals surface area contributed by atoms with Crippen LogP contribution in [0.1, 0.15) is 22.8 Å². The van der Waals surface area contributed by atoms with Gasteiger partial charge in [-0.05, 0) is 35.6 Å². The van der Waals surface area contributed by atoms with Crippen molar-refractivity contribution in [1.29, 1.82) is 0 Å². The first-order chi connectivity index (χ1) is 10.2. The first-order valence-electron chi connectivity index (χ1n) is 7.04. The highest BCUT2D eigenvalue weighted by Crippen LogP contribution is 2.21. The number of hydrogen-bond donors (Lipinski definition) is 0. The van der Waals surface area contributed by atoms with Gasteiger partial charge in [-0.15, -0.1) is 0 Å². The van der Waals surface area contributed by atoms with Crippen LogP contribution < -0.4 is 0 Å². The van der Waals surface area contributed by atoms with Crippen molar-refractivity contribution in [1.82, 2.24) is 4.57 Å². The lowest BCUT2D eigenvalue weighted by Gasteiger charge is -2.08. The number of nitrogens with zero attached hydrogens (tertiary/aromatic N) is 1. The molecule has 0 N–H and O–H groups in total. The Hall–Kier alpha value is -1.87. The van der Waals surface area contributed by atoms with Gasteiger partial charge in [0.15, 0.2) is 5.78 Å². The minimum Gasteiger partial charge on any atom is -0.339 e. The van der Waals surface area contributed by atoms with Gasteiger partial charge in [0.1, 0.15) is 0 Å². The minimum absolute atomic E-state index is 0.125. The fourth-order valence-electron chi connectivity index (χ4n) is 2.67. The van der Waals surface area contributed by atoms with Crippen LogP contribution in [0, 0.1) is 0 Å². The van der Waals surface area contributed by atoms with Crippen molar-refractivity contribution in [3.05, 3.63) is 70.3 Å². The molecule has 0 unspecified atom stereocenters. The molecule has 1 aromatic heterocycles. The third-order valence-electron chi connectivity index (χ3n) is 3.71. The van der Waals surface area contributed by atoms with E-state index in [2.05, 4.69) is 51.7 Å². The number of carbonyl (C=O) groups excluding carboxylic acids is 1. The first-order valence-corrected chi connectivity index (χ1v) is 7.84. The van der Waals surface area contributed by atoms with Crippen molar-refractivity contribution in [2.24, 2.45) is 0 Å². The number of hydrogen-bond acceptors (Lipinski definition) is 1. The van der Waals surface area contributed by atoms with E-state index in [1.54, 1.807) is 0 Å². The van der Waals surface area contributed by atoms with Crippen LogP contribution in [0.4, 0.5) is 0 Å². The molecule has 1 heterocycles. The van der Waals surface area contributed by atoms with E-state index in [-0.39, 0.29) is 5.78 Å². The van der Waals surface area contributed by atoms with Crippen LogP contribution in [0.3, 0.4) is 0 Å². The molecule has 106 valence electrons. The number of halogens is 1. The zero-order valence-corrected chi connectivity index (χ0v) is 13.4. The van der Waals surface area contributed by atoms with Gasteiger partial charge in [0.2, 0.25) is 0 Å². The molecule has 0 fully saturated rings. The summed E-state index contributed by atoms with van der Waals surface area (Å²) in [7, 11) is 0. The van der Waals surface area contributed by atoms with Gasteiger partial charge >= 0.3 is 0 Å². The molecule has 21 heavy (non-hydrogen) atoms. The topological polar surface area (TPSA) is 22.0 Å². The molecule has 3 heteroatoms. The number of benzene rings is 2. The van der Waals surface area contributed by atoms with Gasteiger partial charge in [-0.3, -0.25) is 4.79 Å². The molecule has 0 radical (unpaired) electrons. The van der Waals surface area contributed by atoms with Crippen LogP contribution in [0.2, 0.25) is 0 Å². The quantitative estimate of drug-likeness (QED) is 0.621. The van der Waals surface area contributed by atoms with Gasteiger partial charge in [-0.1, -0.05) is 53.2 Å². The second-order valence-electron chi connectivity index (χ2n) is 5.09. The largest absolute Gasteiger partial charge is 0.339 e. The van der Waals surface area contributed by atoms with Gasteiger partial charge in [0.05, 0.1) is 12.1 Å². The molecule has 2 aromatic carbocycles. The first kappa shape index (κ1) is 14.1. The molecular weight excluding hydrogens is 326 g/mol. The minimum atomic E-state index is 0.125. The average Bonchev–Trinajstić information content (AvgIpc) is 2.90. The lowest BCUT2D eigenvalue weighted by Crippen LogP contribution is -2.10. The summed E-state index contributed by atoms with van der Waals surface area (Å²) in [6.45, 7) is 2.51. The number of ketones is 1. The van der Waals surface area contributed by atoms with E-state index in [9.17, 15) is 4.79 Å². The number of aryl methyl sites for hydroxylation is 1. The van der Waals surface area contributed by atoms with Crippen LogP contribution >= 0.6 is 15.9 Å². The summed E-state index contributed by atoms with van der Waals surface area (Å²) < 4.78 is 2.98. The van der Waals surface area contributed by atoms with E-state index < -0.39 is 0 Å². The molecule has 0 bridgehead atoms. The Morgan fingerprint density at radius 1 is 1.14 bits per heavy atom.